The molecule has 6 aromatic carbocycles. The highest BCUT2D eigenvalue weighted by molar-refractivity contribution is 6.99. The molecule has 2 amide bonds. The first-order valence-corrected chi connectivity index (χ1v) is 22.9. The van der Waals surface area contributed by atoms with Gasteiger partial charge in [0.2, 0.25) is 0 Å². The molecule has 1 saturated heterocycles. The van der Waals surface area contributed by atoms with Crippen LogP contribution in [0.15, 0.2) is 115 Å². The molecule has 4 atom stereocenters. The molecule has 2 aromatic heterocycles. The zero-order valence-electron chi connectivity index (χ0n) is 35.3. The number of rotatable bonds is 9. The molecule has 2 aliphatic rings. The van der Waals surface area contributed by atoms with E-state index >= 15 is 13.2 Å². The Morgan fingerprint density at radius 3 is 1.94 bits per heavy atom. The molecule has 1 fully saturated rings. The van der Waals surface area contributed by atoms with E-state index in [-0.39, 0.29) is 74.4 Å². The average molecular weight is 886 g/mol. The summed E-state index contributed by atoms with van der Waals surface area (Å²) in [5, 5.41) is 17.0. The predicted octanol–water partition coefficient (Wildman–Crippen LogP) is 9.07. The van der Waals surface area contributed by atoms with E-state index in [0.717, 1.165) is 40.2 Å². The second kappa shape index (κ2) is 15.2. The first-order valence-electron chi connectivity index (χ1n) is 21.0. The summed E-state index contributed by atoms with van der Waals surface area (Å²) in [7, 11) is -3.17. The van der Waals surface area contributed by atoms with Crippen LogP contribution in [0.3, 0.4) is 0 Å². The van der Waals surface area contributed by atoms with Crippen molar-refractivity contribution in [2.24, 2.45) is 0 Å². The van der Waals surface area contributed by atoms with E-state index in [4.69, 9.17) is 13.9 Å². The number of imide groups is 1. The highest BCUT2D eigenvalue weighted by atomic mass is 28.4. The molecule has 0 radical (unpaired) electrons. The number of benzene rings is 6. The molecule has 0 spiro atoms. The fourth-order valence-corrected chi connectivity index (χ4v) is 14.7. The lowest BCUT2D eigenvalue weighted by Crippen LogP contribution is -2.67. The first-order chi connectivity index (χ1) is 30.6. The highest BCUT2D eigenvalue weighted by Crippen LogP contribution is 2.49. The molecule has 9 nitrogen and oxygen atoms in total. The van der Waals surface area contributed by atoms with E-state index in [0.29, 0.717) is 0 Å². The SMILES string of the molecule is CC(C)(C)[Si](OC[C@@H]1C[C@](C)(O)[C@@H](OCc2ccccc2)[C@H](n2c3cc(F)c(F)cc3c3c4c(c5c6cc(F)c(F)cc6[nH]c5c32)C(=O)NC4=O)O1)(c1ccccc1)c1ccccc1. The topological polar surface area (TPSA) is 115 Å². The third-order valence-electron chi connectivity index (χ3n) is 12.8. The lowest BCUT2D eigenvalue weighted by molar-refractivity contribution is -0.254. The van der Waals surface area contributed by atoms with Crippen LogP contribution >= 0.6 is 0 Å². The molecule has 0 bridgehead atoms. The van der Waals surface area contributed by atoms with E-state index in [2.05, 4.69) is 55.3 Å². The number of nitrogens with one attached hydrogen (secondary N) is 2. The van der Waals surface area contributed by atoms with Gasteiger partial charge in [-0.1, -0.05) is 112 Å². The van der Waals surface area contributed by atoms with Crippen molar-refractivity contribution >= 4 is 74.1 Å². The predicted molar refractivity (Wildman–Crippen MR) is 238 cm³/mol. The third kappa shape index (κ3) is 6.49. The zero-order chi connectivity index (χ0) is 44.9. The second-order valence-electron chi connectivity index (χ2n) is 18.0. The van der Waals surface area contributed by atoms with E-state index in [1.165, 1.54) is 4.57 Å². The number of aliphatic hydroxyl groups is 1. The molecule has 0 unspecified atom stereocenters. The Morgan fingerprint density at radius 1 is 0.781 bits per heavy atom. The number of hydrogen-bond donors (Lipinski definition) is 3. The Bertz CT molecular complexity index is 3130. The Kier molecular flexibility index (Phi) is 9.96. The quantitative estimate of drug-likeness (QED) is 0.0758. The largest absolute Gasteiger partial charge is 0.405 e. The maximum absolute atomic E-state index is 15.7. The van der Waals surface area contributed by atoms with Crippen LogP contribution in [0, 0.1) is 23.3 Å². The number of ether oxygens (including phenoxy) is 2. The average Bonchev–Trinajstić information content (AvgIpc) is 3.88. The van der Waals surface area contributed by atoms with Crippen LogP contribution in [0.1, 0.15) is 66.6 Å². The number of H-pyrrole nitrogens is 1. The highest BCUT2D eigenvalue weighted by Gasteiger charge is 2.53. The lowest BCUT2D eigenvalue weighted by atomic mass is 9.87. The van der Waals surface area contributed by atoms with E-state index in [9.17, 15) is 19.1 Å². The summed E-state index contributed by atoms with van der Waals surface area (Å²) < 4.78 is 83.9. The maximum Gasteiger partial charge on any atom is 0.261 e. The molecule has 326 valence electrons. The zero-order valence-corrected chi connectivity index (χ0v) is 36.3. The smallest absolute Gasteiger partial charge is 0.261 e. The Hall–Kier alpha value is -6.16. The summed E-state index contributed by atoms with van der Waals surface area (Å²) in [6, 6.07) is 33.1. The van der Waals surface area contributed by atoms with Gasteiger partial charge in [0, 0.05) is 45.6 Å². The number of fused-ring (bicyclic) bond motifs is 10. The number of amides is 2. The van der Waals surface area contributed by atoms with Gasteiger partial charge in [-0.25, -0.2) is 17.6 Å². The van der Waals surface area contributed by atoms with Crippen molar-refractivity contribution in [1.82, 2.24) is 14.9 Å². The fraction of sp³-hybridized carbons (Fsp3) is 0.240. The van der Waals surface area contributed by atoms with Crippen molar-refractivity contribution < 1.29 is 46.2 Å². The molecular weight excluding hydrogens is 843 g/mol. The van der Waals surface area contributed by atoms with Gasteiger partial charge in [-0.3, -0.25) is 14.9 Å². The number of aromatic nitrogens is 2. The molecule has 0 saturated carbocycles. The van der Waals surface area contributed by atoms with Gasteiger partial charge in [0.25, 0.3) is 20.1 Å². The Balaban J connectivity index is 1.22. The van der Waals surface area contributed by atoms with Gasteiger partial charge in [0.05, 0.1) is 52.6 Å². The summed E-state index contributed by atoms with van der Waals surface area (Å²) in [6.45, 7) is 8.04. The number of nitrogens with zero attached hydrogens (tertiary/aromatic N) is 1. The van der Waals surface area contributed by atoms with Gasteiger partial charge < -0.3 is 28.6 Å². The number of aromatic amines is 1. The molecule has 0 aliphatic carbocycles. The molecule has 3 N–H and O–H groups in total. The van der Waals surface area contributed by atoms with Crippen LogP contribution in [-0.4, -0.2) is 59.2 Å². The Labute approximate surface area is 365 Å². The monoisotopic (exact) mass is 885 g/mol. The lowest BCUT2D eigenvalue weighted by Gasteiger charge is -2.48. The molecule has 2 aliphatic heterocycles. The minimum Gasteiger partial charge on any atom is -0.405 e. The van der Waals surface area contributed by atoms with Crippen LogP contribution in [-0.2, 0) is 20.5 Å². The van der Waals surface area contributed by atoms with Crippen LogP contribution in [0.4, 0.5) is 17.6 Å². The van der Waals surface area contributed by atoms with E-state index in [1.807, 2.05) is 66.7 Å². The Morgan fingerprint density at radius 2 is 1.33 bits per heavy atom. The maximum atomic E-state index is 15.7. The van der Waals surface area contributed by atoms with Gasteiger partial charge in [0.1, 0.15) is 6.10 Å². The van der Waals surface area contributed by atoms with Gasteiger partial charge in [-0.05, 0) is 40.0 Å². The van der Waals surface area contributed by atoms with Crippen molar-refractivity contribution in [1.29, 1.82) is 0 Å². The van der Waals surface area contributed by atoms with Gasteiger partial charge in [-0.15, -0.1) is 0 Å². The first kappa shape index (κ1) is 41.8. The summed E-state index contributed by atoms with van der Waals surface area (Å²) in [5.74, 6) is -6.43. The minimum absolute atomic E-state index is 0.0114. The van der Waals surface area contributed by atoms with Crippen LogP contribution in [0.5, 0.6) is 0 Å². The number of halogens is 4. The van der Waals surface area contributed by atoms with Gasteiger partial charge >= 0.3 is 0 Å². The van der Waals surface area contributed by atoms with Crippen molar-refractivity contribution in [3.63, 3.8) is 0 Å². The molecule has 8 aromatic rings. The van der Waals surface area contributed by atoms with Gasteiger partial charge in [0.15, 0.2) is 29.5 Å². The number of carbonyl (C=O) groups is 2. The number of carbonyl (C=O) groups excluding carboxylic acids is 2. The summed E-state index contributed by atoms with van der Waals surface area (Å²) in [5.41, 5.74) is -0.829. The van der Waals surface area contributed by atoms with Crippen LogP contribution in [0.2, 0.25) is 5.04 Å². The molecule has 64 heavy (non-hydrogen) atoms. The van der Waals surface area contributed by atoms with Crippen molar-refractivity contribution in [2.45, 2.75) is 69.8 Å². The normalized spacial score (nSPS) is 20.5. The fourth-order valence-electron chi connectivity index (χ4n) is 10.1. The van der Waals surface area contributed by atoms with Crippen molar-refractivity contribution in [3.8, 4) is 0 Å². The van der Waals surface area contributed by atoms with Crippen molar-refractivity contribution in [3.05, 3.63) is 155 Å². The molecular formula is C50H43F4N3O6Si. The summed E-state index contributed by atoms with van der Waals surface area (Å²) in [4.78, 5) is 30.7. The standard InChI is InChI=1S/C50H43F4N3O6Si/c1-49(2,3)64(29-16-10-6-11-17-29,30-18-12-7-13-19-30)62-26-28-24-50(4,60)45(61-25-27-14-8-5-9-15-27)48(63-28)57-38-23-36(54)34(52)21-32(38)40-42-41(46(58)56-47(42)59)39-31-20-33(51)35(53)22-37(31)55-43(39)44(40)57/h5-23,28,45,48,55,60H,24-26H2,1-4H3,(H,56,58,59)/t28-,45-,48+,50-/m0/s1. The van der Waals surface area contributed by atoms with Gasteiger partial charge in [-0.2, -0.15) is 0 Å². The van der Waals surface area contributed by atoms with E-state index < -0.39 is 72.5 Å². The minimum atomic E-state index is -3.17. The molecule has 4 heterocycles. The second-order valence-corrected chi connectivity index (χ2v) is 22.3. The molecule has 10 rings (SSSR count). The van der Waals surface area contributed by atoms with Crippen LogP contribution in [0.25, 0.3) is 43.6 Å². The summed E-state index contributed by atoms with van der Waals surface area (Å²) in [6.07, 6.45) is -3.40. The van der Waals surface area contributed by atoms with Crippen LogP contribution < -0.4 is 15.7 Å². The number of hydrogen-bond acceptors (Lipinski definition) is 6. The third-order valence-corrected chi connectivity index (χ3v) is 17.8. The van der Waals surface area contributed by atoms with E-state index in [1.54, 1.807) is 6.92 Å². The molecule has 14 heteroatoms. The summed E-state index contributed by atoms with van der Waals surface area (Å²) >= 11 is 0. The van der Waals surface area contributed by atoms with Crippen molar-refractivity contribution in [2.75, 3.05) is 6.61 Å².